The number of benzene rings is 2. The number of nitrogens with zero attached hydrogens (tertiary/aromatic N) is 4. The van der Waals surface area contributed by atoms with Crippen molar-refractivity contribution in [2.45, 2.75) is 57.7 Å². The molecule has 1 aliphatic heterocycles. The Labute approximate surface area is 214 Å². The van der Waals surface area contributed by atoms with Gasteiger partial charge in [0, 0.05) is 35.0 Å². The molecule has 1 aliphatic carbocycles. The number of aliphatic hydroxyl groups is 1. The van der Waals surface area contributed by atoms with Gasteiger partial charge in [-0.3, -0.25) is 19.5 Å². The highest BCUT2D eigenvalue weighted by Gasteiger charge is 2.36. The fraction of sp³-hybridized carbons (Fsp3) is 0.333. The van der Waals surface area contributed by atoms with Crippen molar-refractivity contribution in [3.63, 3.8) is 0 Å². The van der Waals surface area contributed by atoms with Crippen LogP contribution in [0.2, 0.25) is 0 Å². The molecule has 2 aromatic heterocycles. The van der Waals surface area contributed by atoms with E-state index in [1.807, 2.05) is 43.3 Å². The molecule has 37 heavy (non-hydrogen) atoms. The quantitative estimate of drug-likeness (QED) is 0.361. The number of aliphatic imine (C=N–C) groups is 1. The van der Waals surface area contributed by atoms with Gasteiger partial charge in [-0.1, -0.05) is 24.6 Å². The summed E-state index contributed by atoms with van der Waals surface area (Å²) in [6, 6.07) is 14.7. The highest BCUT2D eigenvalue weighted by Crippen LogP contribution is 2.37. The van der Waals surface area contributed by atoms with Gasteiger partial charge in [0.1, 0.15) is 5.82 Å². The van der Waals surface area contributed by atoms with Crippen LogP contribution in [-0.2, 0) is 13.1 Å². The number of Topliss-reactive ketones (excluding diaryl/α,β-unsaturated/α-hetero) is 1. The molecule has 6 nitrogen and oxygen atoms in total. The summed E-state index contributed by atoms with van der Waals surface area (Å²) in [4.78, 5) is 22.4. The van der Waals surface area contributed by atoms with Gasteiger partial charge in [-0.05, 0) is 68.0 Å². The standard InChI is InChI=1S/C30H29FN4O2/c1-19-12-22(9-11-32-19)29-24-14-21(7-8-23(24)16-33-29)28(36)13-20-4-3-10-30(37,15-20)18-35-27-6-2-5-26(31)25(27)17-34-35/h2,5-9,11-12,14,17,20,37H,3-4,10,13,15-16,18H2,1H3/t20-,30-/m1/s1. The number of pyridine rings is 1. The molecule has 0 saturated heterocycles. The maximum absolute atomic E-state index is 14.1. The zero-order valence-corrected chi connectivity index (χ0v) is 20.8. The van der Waals surface area contributed by atoms with Crippen molar-refractivity contribution in [2.75, 3.05) is 0 Å². The summed E-state index contributed by atoms with van der Waals surface area (Å²) in [5.41, 5.74) is 5.35. The van der Waals surface area contributed by atoms with Crippen molar-refractivity contribution in [3.8, 4) is 0 Å². The number of carbonyl (C=O) groups excluding carboxylic acids is 1. The molecule has 188 valence electrons. The van der Waals surface area contributed by atoms with Crippen LogP contribution in [0.3, 0.4) is 0 Å². The number of aromatic nitrogens is 3. The fourth-order valence-corrected chi connectivity index (χ4v) is 5.93. The molecule has 1 saturated carbocycles. The van der Waals surface area contributed by atoms with E-state index in [4.69, 9.17) is 4.99 Å². The Morgan fingerprint density at radius 3 is 2.97 bits per heavy atom. The molecule has 1 N–H and O–H groups in total. The van der Waals surface area contributed by atoms with Crippen LogP contribution in [0.4, 0.5) is 4.39 Å². The zero-order chi connectivity index (χ0) is 25.6. The van der Waals surface area contributed by atoms with Crippen molar-refractivity contribution in [3.05, 3.63) is 94.7 Å². The first-order chi connectivity index (χ1) is 17.9. The van der Waals surface area contributed by atoms with Gasteiger partial charge in [0.25, 0.3) is 0 Å². The number of halogens is 1. The average Bonchev–Trinajstić information content (AvgIpc) is 3.48. The molecule has 0 amide bonds. The monoisotopic (exact) mass is 496 g/mol. The summed E-state index contributed by atoms with van der Waals surface area (Å²) in [6.45, 7) is 2.86. The lowest BCUT2D eigenvalue weighted by molar-refractivity contribution is -0.0317. The molecule has 7 heteroatoms. The van der Waals surface area contributed by atoms with Gasteiger partial charge in [0.05, 0.1) is 41.5 Å². The number of hydrogen-bond acceptors (Lipinski definition) is 5. The summed E-state index contributed by atoms with van der Waals surface area (Å²) in [7, 11) is 0. The van der Waals surface area contributed by atoms with E-state index in [0.717, 1.165) is 40.9 Å². The van der Waals surface area contributed by atoms with Crippen LogP contribution >= 0.6 is 0 Å². The van der Waals surface area contributed by atoms with Gasteiger partial charge in [-0.15, -0.1) is 0 Å². The molecule has 2 atom stereocenters. The van der Waals surface area contributed by atoms with Gasteiger partial charge in [-0.25, -0.2) is 4.39 Å². The first kappa shape index (κ1) is 23.7. The van der Waals surface area contributed by atoms with E-state index < -0.39 is 5.60 Å². The molecular formula is C30H29FN4O2. The summed E-state index contributed by atoms with van der Waals surface area (Å²) < 4.78 is 15.8. The van der Waals surface area contributed by atoms with E-state index in [0.29, 0.717) is 42.3 Å². The van der Waals surface area contributed by atoms with Gasteiger partial charge in [-0.2, -0.15) is 5.10 Å². The predicted octanol–water partition coefficient (Wildman–Crippen LogP) is 5.42. The number of carbonyl (C=O) groups is 1. The maximum Gasteiger partial charge on any atom is 0.163 e. The smallest absolute Gasteiger partial charge is 0.163 e. The van der Waals surface area contributed by atoms with Crippen molar-refractivity contribution in [2.24, 2.45) is 10.9 Å². The zero-order valence-electron chi connectivity index (χ0n) is 20.8. The lowest BCUT2D eigenvalue weighted by Gasteiger charge is -2.36. The SMILES string of the molecule is Cc1cc(C2=NCc3ccc(C(=O)C[C@H]4CCC[C@](O)(Cn5ncc6c(F)cccc65)C4)cc32)ccn1. The van der Waals surface area contributed by atoms with Crippen LogP contribution in [0.1, 0.15) is 64.8 Å². The molecule has 0 bridgehead atoms. The van der Waals surface area contributed by atoms with Crippen LogP contribution in [0, 0.1) is 18.7 Å². The predicted molar refractivity (Wildman–Crippen MR) is 140 cm³/mol. The van der Waals surface area contributed by atoms with E-state index in [-0.39, 0.29) is 24.1 Å². The summed E-state index contributed by atoms with van der Waals surface area (Å²) >= 11 is 0. The second kappa shape index (κ2) is 9.30. The maximum atomic E-state index is 14.1. The lowest BCUT2D eigenvalue weighted by atomic mass is 9.75. The Bertz CT molecular complexity index is 1540. The normalized spacial score (nSPS) is 21.2. The first-order valence-electron chi connectivity index (χ1n) is 12.8. The van der Waals surface area contributed by atoms with Gasteiger partial charge < -0.3 is 5.11 Å². The van der Waals surface area contributed by atoms with Crippen molar-refractivity contribution in [1.82, 2.24) is 14.8 Å². The van der Waals surface area contributed by atoms with Gasteiger partial charge in [0.15, 0.2) is 5.78 Å². The largest absolute Gasteiger partial charge is 0.388 e. The van der Waals surface area contributed by atoms with Crippen molar-refractivity contribution < 1.29 is 14.3 Å². The Morgan fingerprint density at radius 1 is 1.22 bits per heavy atom. The second-order valence-electron chi connectivity index (χ2n) is 10.5. The van der Waals surface area contributed by atoms with Gasteiger partial charge >= 0.3 is 0 Å². The number of aryl methyl sites for hydroxylation is 1. The molecule has 1 fully saturated rings. The third-order valence-electron chi connectivity index (χ3n) is 7.74. The third-order valence-corrected chi connectivity index (χ3v) is 7.74. The molecule has 3 heterocycles. The third kappa shape index (κ3) is 4.60. The van der Waals surface area contributed by atoms with Crippen LogP contribution < -0.4 is 0 Å². The Morgan fingerprint density at radius 2 is 2.11 bits per heavy atom. The summed E-state index contributed by atoms with van der Waals surface area (Å²) in [5.74, 6) is -0.153. The number of ketones is 1. The Kier molecular flexibility index (Phi) is 5.95. The topological polar surface area (TPSA) is 80.4 Å². The minimum Gasteiger partial charge on any atom is -0.388 e. The molecule has 0 unspecified atom stereocenters. The van der Waals surface area contributed by atoms with E-state index in [1.54, 1.807) is 16.9 Å². The van der Waals surface area contributed by atoms with Crippen LogP contribution in [0.25, 0.3) is 10.9 Å². The number of fused-ring (bicyclic) bond motifs is 2. The first-order valence-corrected chi connectivity index (χ1v) is 12.8. The summed E-state index contributed by atoms with van der Waals surface area (Å²) in [6.07, 6.45) is 6.57. The molecule has 0 radical (unpaired) electrons. The molecule has 0 spiro atoms. The highest BCUT2D eigenvalue weighted by atomic mass is 19.1. The molecule has 2 aliphatic rings. The van der Waals surface area contributed by atoms with E-state index in [9.17, 15) is 14.3 Å². The van der Waals surface area contributed by atoms with Crippen LogP contribution in [-0.4, -0.2) is 37.0 Å². The van der Waals surface area contributed by atoms with Crippen LogP contribution in [0.15, 0.2) is 65.9 Å². The molecular weight excluding hydrogens is 467 g/mol. The Balaban J connectivity index is 1.17. The summed E-state index contributed by atoms with van der Waals surface area (Å²) in [5, 5.41) is 16.2. The van der Waals surface area contributed by atoms with Crippen molar-refractivity contribution in [1.29, 1.82) is 0 Å². The highest BCUT2D eigenvalue weighted by molar-refractivity contribution is 6.16. The van der Waals surface area contributed by atoms with E-state index in [1.165, 1.54) is 12.3 Å². The molecule has 6 rings (SSSR count). The van der Waals surface area contributed by atoms with Crippen LogP contribution in [0.5, 0.6) is 0 Å². The van der Waals surface area contributed by atoms with E-state index in [2.05, 4.69) is 10.1 Å². The Hall–Kier alpha value is -3.71. The molecule has 2 aromatic carbocycles. The number of hydrogen-bond donors (Lipinski definition) is 1. The molecule has 4 aromatic rings. The lowest BCUT2D eigenvalue weighted by Crippen LogP contribution is -2.40. The second-order valence-corrected chi connectivity index (χ2v) is 10.5. The van der Waals surface area contributed by atoms with Crippen molar-refractivity contribution >= 4 is 22.4 Å². The fourth-order valence-electron chi connectivity index (χ4n) is 5.93. The van der Waals surface area contributed by atoms with E-state index >= 15 is 0 Å². The number of rotatable bonds is 6. The minimum absolute atomic E-state index is 0.0778. The minimum atomic E-state index is -0.981. The average molecular weight is 497 g/mol. The van der Waals surface area contributed by atoms with Gasteiger partial charge in [0.2, 0.25) is 0 Å².